The van der Waals surface area contributed by atoms with Gasteiger partial charge in [0.2, 0.25) is 0 Å². The molecule has 0 aliphatic heterocycles. The van der Waals surface area contributed by atoms with E-state index in [1.54, 1.807) is 0 Å². The fourth-order valence-corrected chi connectivity index (χ4v) is 11.1. The molecule has 0 aromatic heterocycles. The van der Waals surface area contributed by atoms with E-state index in [-0.39, 0.29) is 31.1 Å². The van der Waals surface area contributed by atoms with Crippen LogP contribution in [-0.2, 0) is 28.6 Å². The largest absolute Gasteiger partial charge is 0.462 e. The topological polar surface area (TPSA) is 78.9 Å². The van der Waals surface area contributed by atoms with Gasteiger partial charge in [-0.25, -0.2) is 0 Å². The molecule has 0 bridgehead atoms. The molecule has 0 spiro atoms. The van der Waals surface area contributed by atoms with Gasteiger partial charge in [0.1, 0.15) is 13.2 Å². The third kappa shape index (κ3) is 68.3. The first-order valence-corrected chi connectivity index (χ1v) is 36.5. The first-order chi connectivity index (χ1) is 40.0. The molecule has 0 radical (unpaired) electrons. The number of rotatable bonds is 68. The van der Waals surface area contributed by atoms with Crippen LogP contribution >= 0.6 is 0 Å². The number of esters is 3. The SMILES string of the molecule is CCCCCCC/C=C\C/C=C\CCCCCCCCCCCCCCCCCC(=O)OCC(COC(=O)CCCCCCCCCCCCC)OC(=O)CCCCCCCCCCCCCCC/C=C\CCCCCCCCCC. The van der Waals surface area contributed by atoms with E-state index < -0.39 is 6.10 Å². The predicted octanol–water partition coefficient (Wildman–Crippen LogP) is 25.1. The molecule has 0 saturated carbocycles. The zero-order chi connectivity index (χ0) is 58.5. The summed E-state index contributed by atoms with van der Waals surface area (Å²) in [4.78, 5) is 38.4. The molecule has 0 aromatic rings. The molecule has 81 heavy (non-hydrogen) atoms. The quantitative estimate of drug-likeness (QED) is 0.0261. The van der Waals surface area contributed by atoms with Gasteiger partial charge < -0.3 is 14.2 Å². The Morgan fingerprint density at radius 1 is 0.247 bits per heavy atom. The van der Waals surface area contributed by atoms with Crippen LogP contribution < -0.4 is 0 Å². The Bertz CT molecular complexity index is 1350. The van der Waals surface area contributed by atoms with Crippen molar-refractivity contribution in [3.63, 3.8) is 0 Å². The maximum atomic E-state index is 13.0. The predicted molar refractivity (Wildman–Crippen MR) is 353 cm³/mol. The van der Waals surface area contributed by atoms with Crippen LogP contribution in [0.5, 0.6) is 0 Å². The van der Waals surface area contributed by atoms with Crippen molar-refractivity contribution in [2.45, 2.75) is 412 Å². The fraction of sp³-hybridized carbons (Fsp3) is 0.880. The van der Waals surface area contributed by atoms with E-state index in [9.17, 15) is 14.4 Å². The van der Waals surface area contributed by atoms with Crippen LogP contribution in [0.25, 0.3) is 0 Å². The highest BCUT2D eigenvalue weighted by molar-refractivity contribution is 5.71. The second kappa shape index (κ2) is 70.1. The average Bonchev–Trinajstić information content (AvgIpc) is 3.47. The van der Waals surface area contributed by atoms with Gasteiger partial charge in [0, 0.05) is 19.3 Å². The fourth-order valence-electron chi connectivity index (χ4n) is 11.1. The van der Waals surface area contributed by atoms with Gasteiger partial charge >= 0.3 is 17.9 Å². The number of unbranched alkanes of at least 4 members (excludes halogenated alkanes) is 51. The number of hydrogen-bond acceptors (Lipinski definition) is 6. The number of hydrogen-bond donors (Lipinski definition) is 0. The normalized spacial score (nSPS) is 12.2. The molecular formula is C75H140O6. The van der Waals surface area contributed by atoms with E-state index in [1.807, 2.05) is 0 Å². The monoisotopic (exact) mass is 1140 g/mol. The van der Waals surface area contributed by atoms with Crippen molar-refractivity contribution in [2.24, 2.45) is 0 Å². The molecule has 0 rings (SSSR count). The van der Waals surface area contributed by atoms with Gasteiger partial charge in [-0.05, 0) is 77.0 Å². The van der Waals surface area contributed by atoms with Gasteiger partial charge in [0.15, 0.2) is 6.10 Å². The zero-order valence-corrected chi connectivity index (χ0v) is 54.8. The molecule has 0 aliphatic rings. The maximum Gasteiger partial charge on any atom is 0.306 e. The summed E-state index contributed by atoms with van der Waals surface area (Å²) < 4.78 is 17.0. The number of carbonyl (C=O) groups excluding carboxylic acids is 3. The van der Waals surface area contributed by atoms with Crippen LogP contribution in [0.2, 0.25) is 0 Å². The summed E-state index contributed by atoms with van der Waals surface area (Å²) in [5, 5.41) is 0. The molecule has 0 aromatic carbocycles. The second-order valence-electron chi connectivity index (χ2n) is 24.9. The lowest BCUT2D eigenvalue weighted by Gasteiger charge is -2.18. The van der Waals surface area contributed by atoms with Gasteiger partial charge in [0.25, 0.3) is 0 Å². The molecule has 476 valence electrons. The smallest absolute Gasteiger partial charge is 0.306 e. The van der Waals surface area contributed by atoms with E-state index in [2.05, 4.69) is 57.2 Å². The Morgan fingerprint density at radius 2 is 0.444 bits per heavy atom. The van der Waals surface area contributed by atoms with Crippen molar-refractivity contribution in [2.75, 3.05) is 13.2 Å². The molecule has 6 nitrogen and oxygen atoms in total. The van der Waals surface area contributed by atoms with Crippen molar-refractivity contribution in [3.05, 3.63) is 36.5 Å². The third-order valence-electron chi connectivity index (χ3n) is 16.6. The van der Waals surface area contributed by atoms with Crippen molar-refractivity contribution in [1.29, 1.82) is 0 Å². The number of allylic oxidation sites excluding steroid dienone is 6. The Balaban J connectivity index is 4.16. The van der Waals surface area contributed by atoms with E-state index in [4.69, 9.17) is 14.2 Å². The van der Waals surface area contributed by atoms with Gasteiger partial charge in [-0.1, -0.05) is 346 Å². The van der Waals surface area contributed by atoms with Crippen molar-refractivity contribution >= 4 is 17.9 Å². The van der Waals surface area contributed by atoms with E-state index in [1.165, 1.54) is 302 Å². The highest BCUT2D eigenvalue weighted by atomic mass is 16.6. The summed E-state index contributed by atoms with van der Waals surface area (Å²) in [7, 11) is 0. The lowest BCUT2D eigenvalue weighted by atomic mass is 10.0. The minimum absolute atomic E-state index is 0.0662. The van der Waals surface area contributed by atoms with Crippen LogP contribution in [-0.4, -0.2) is 37.2 Å². The highest BCUT2D eigenvalue weighted by Gasteiger charge is 2.19. The van der Waals surface area contributed by atoms with E-state index >= 15 is 0 Å². The lowest BCUT2D eigenvalue weighted by Crippen LogP contribution is -2.30. The molecule has 0 aliphatic carbocycles. The van der Waals surface area contributed by atoms with Gasteiger partial charge in [0.05, 0.1) is 0 Å². The van der Waals surface area contributed by atoms with Crippen LogP contribution in [0.3, 0.4) is 0 Å². The number of carbonyl (C=O) groups is 3. The highest BCUT2D eigenvalue weighted by Crippen LogP contribution is 2.18. The van der Waals surface area contributed by atoms with E-state index in [0.29, 0.717) is 19.3 Å². The summed E-state index contributed by atoms with van der Waals surface area (Å²) in [5.74, 6) is -0.837. The summed E-state index contributed by atoms with van der Waals surface area (Å²) in [6.45, 7) is 6.70. The van der Waals surface area contributed by atoms with Gasteiger partial charge in [-0.3, -0.25) is 14.4 Å². The number of ether oxygens (including phenoxy) is 3. The van der Waals surface area contributed by atoms with Crippen LogP contribution in [0.15, 0.2) is 36.5 Å². The molecule has 0 saturated heterocycles. The summed E-state index contributed by atoms with van der Waals surface area (Å²) in [5.41, 5.74) is 0. The molecule has 0 fully saturated rings. The second-order valence-corrected chi connectivity index (χ2v) is 24.9. The molecule has 0 amide bonds. The molecule has 6 heteroatoms. The van der Waals surface area contributed by atoms with Crippen LogP contribution in [0.4, 0.5) is 0 Å². The zero-order valence-electron chi connectivity index (χ0n) is 54.8. The average molecular weight is 1140 g/mol. The first-order valence-electron chi connectivity index (χ1n) is 36.5. The van der Waals surface area contributed by atoms with Crippen molar-refractivity contribution in [1.82, 2.24) is 0 Å². The molecule has 1 unspecified atom stereocenters. The minimum Gasteiger partial charge on any atom is -0.462 e. The van der Waals surface area contributed by atoms with Crippen LogP contribution in [0.1, 0.15) is 406 Å². The van der Waals surface area contributed by atoms with Gasteiger partial charge in [-0.15, -0.1) is 0 Å². The Labute approximate surface area is 506 Å². The van der Waals surface area contributed by atoms with Crippen LogP contribution in [0, 0.1) is 0 Å². The first kappa shape index (κ1) is 78.6. The summed E-state index contributed by atoms with van der Waals surface area (Å²) in [6.07, 6.45) is 87.6. The summed E-state index contributed by atoms with van der Waals surface area (Å²) in [6, 6.07) is 0. The maximum absolute atomic E-state index is 13.0. The van der Waals surface area contributed by atoms with Gasteiger partial charge in [-0.2, -0.15) is 0 Å². The lowest BCUT2D eigenvalue weighted by molar-refractivity contribution is -0.167. The van der Waals surface area contributed by atoms with Crippen molar-refractivity contribution < 1.29 is 28.6 Å². The molecule has 0 heterocycles. The molecule has 0 N–H and O–H groups in total. The Kier molecular flexibility index (Phi) is 68.1. The Hall–Kier alpha value is -2.37. The van der Waals surface area contributed by atoms with E-state index in [0.717, 1.165) is 64.2 Å². The van der Waals surface area contributed by atoms with Crippen molar-refractivity contribution in [3.8, 4) is 0 Å². The summed E-state index contributed by atoms with van der Waals surface area (Å²) >= 11 is 0. The Morgan fingerprint density at radius 3 is 0.691 bits per heavy atom. The molecule has 1 atom stereocenters. The minimum atomic E-state index is -0.769. The standard InChI is InChI=1S/C75H140O6/c1-4-7-10-13-16-19-22-24-26-28-30-32-34-36-37-39-40-42-44-46-48-50-53-56-59-62-65-68-74(77)80-71-72(70-79-73(76)67-64-61-58-55-52-21-18-15-12-9-6-3)81-75(78)69-66-63-60-57-54-51-49-47-45-43-41-38-35-33-31-29-27-25-23-20-17-14-11-8-5-2/h22,24,28-31,72H,4-21,23,25-27,32-71H2,1-3H3/b24-22-,30-28-,31-29-. The molecular weight excluding hydrogens is 997 g/mol. The third-order valence-corrected chi connectivity index (χ3v) is 16.6.